The highest BCUT2D eigenvalue weighted by atomic mass is 32.1. The Morgan fingerprint density at radius 1 is 1.05 bits per heavy atom. The molecule has 1 aliphatic rings. The maximum atomic E-state index is 4.63. The monoisotopic (exact) mass is 266 g/mol. The van der Waals surface area contributed by atoms with E-state index in [4.69, 9.17) is 0 Å². The lowest BCUT2D eigenvalue weighted by Crippen LogP contribution is -2.12. The summed E-state index contributed by atoms with van der Waals surface area (Å²) in [6.45, 7) is 0. The van der Waals surface area contributed by atoms with Gasteiger partial charge >= 0.3 is 0 Å². The first-order valence-corrected chi connectivity index (χ1v) is 6.90. The molecule has 0 bridgehead atoms. The van der Waals surface area contributed by atoms with Gasteiger partial charge in [0.1, 0.15) is 0 Å². The second kappa shape index (κ2) is 4.13. The lowest BCUT2D eigenvalue weighted by Gasteiger charge is -2.18. The molecule has 92 valence electrons. The summed E-state index contributed by atoms with van der Waals surface area (Å²) in [6.07, 6.45) is 0.798. The fourth-order valence-corrected chi connectivity index (χ4v) is 2.85. The molecule has 3 heterocycles. The van der Waals surface area contributed by atoms with Gasteiger partial charge in [-0.05, 0) is 23.1 Å². The Morgan fingerprint density at radius 3 is 2.89 bits per heavy atom. The number of nitrogens with zero attached hydrogens (tertiary/aromatic N) is 3. The molecule has 19 heavy (non-hydrogen) atoms. The van der Waals surface area contributed by atoms with E-state index in [1.165, 1.54) is 5.56 Å². The van der Waals surface area contributed by atoms with Crippen molar-refractivity contribution in [3.8, 4) is 10.7 Å². The highest BCUT2D eigenvalue weighted by molar-refractivity contribution is 7.13. The summed E-state index contributed by atoms with van der Waals surface area (Å²) in [7, 11) is 0. The molecule has 0 aliphatic carbocycles. The van der Waals surface area contributed by atoms with E-state index in [2.05, 4.69) is 26.6 Å². The summed E-state index contributed by atoms with van der Waals surface area (Å²) in [5.74, 6) is 1.47. The molecule has 0 saturated heterocycles. The number of para-hydroxylation sites is 1. The summed E-state index contributed by atoms with van der Waals surface area (Å²) >= 11 is 1.63. The molecule has 0 spiro atoms. The van der Waals surface area contributed by atoms with Crippen LogP contribution in [0.2, 0.25) is 0 Å². The molecule has 2 aromatic heterocycles. The van der Waals surface area contributed by atoms with Gasteiger partial charge in [0.15, 0.2) is 11.6 Å². The Balaban J connectivity index is 1.78. The number of thiophene rings is 1. The van der Waals surface area contributed by atoms with Gasteiger partial charge in [0, 0.05) is 12.1 Å². The summed E-state index contributed by atoms with van der Waals surface area (Å²) < 4.78 is 0. The van der Waals surface area contributed by atoms with Crippen LogP contribution in [0.15, 0.2) is 41.8 Å². The van der Waals surface area contributed by atoms with Crippen molar-refractivity contribution in [2.75, 3.05) is 5.32 Å². The zero-order valence-corrected chi connectivity index (χ0v) is 10.8. The van der Waals surface area contributed by atoms with Crippen LogP contribution in [0.4, 0.5) is 11.5 Å². The fraction of sp³-hybridized carbons (Fsp3) is 0.0714. The molecule has 1 N–H and O–H groups in total. The molecule has 3 aromatic rings. The zero-order valence-electron chi connectivity index (χ0n) is 10.00. The van der Waals surface area contributed by atoms with Crippen LogP contribution in [-0.4, -0.2) is 15.2 Å². The highest BCUT2D eigenvalue weighted by Gasteiger charge is 2.18. The van der Waals surface area contributed by atoms with E-state index >= 15 is 0 Å². The van der Waals surface area contributed by atoms with Gasteiger partial charge in [-0.15, -0.1) is 21.5 Å². The van der Waals surface area contributed by atoms with Gasteiger partial charge in [-0.1, -0.05) is 24.3 Å². The Kier molecular flexibility index (Phi) is 2.31. The quantitative estimate of drug-likeness (QED) is 0.574. The predicted octanol–water partition coefficient (Wildman–Crippen LogP) is 3.25. The molecule has 0 saturated carbocycles. The molecule has 1 aliphatic heterocycles. The molecular formula is C14H10N4S. The lowest BCUT2D eigenvalue weighted by atomic mass is 10.0. The topological polar surface area (TPSA) is 50.7 Å². The SMILES string of the molecule is c1csc(-c2nnc3c(n2)Cc2ccccc2N3)c1. The molecule has 0 amide bonds. The van der Waals surface area contributed by atoms with E-state index in [1.54, 1.807) is 11.3 Å². The van der Waals surface area contributed by atoms with Crippen molar-refractivity contribution < 1.29 is 0 Å². The van der Waals surface area contributed by atoms with Gasteiger partial charge in [-0.3, -0.25) is 0 Å². The van der Waals surface area contributed by atoms with Crippen molar-refractivity contribution in [1.29, 1.82) is 0 Å². The Labute approximate surface area is 114 Å². The van der Waals surface area contributed by atoms with Crippen LogP contribution in [0, 0.1) is 0 Å². The summed E-state index contributed by atoms with van der Waals surface area (Å²) in [5, 5.41) is 13.8. The van der Waals surface area contributed by atoms with Gasteiger partial charge < -0.3 is 5.32 Å². The number of benzene rings is 1. The van der Waals surface area contributed by atoms with Crippen molar-refractivity contribution in [3.05, 3.63) is 53.0 Å². The van der Waals surface area contributed by atoms with Crippen LogP contribution in [-0.2, 0) is 6.42 Å². The van der Waals surface area contributed by atoms with Crippen LogP contribution >= 0.6 is 11.3 Å². The van der Waals surface area contributed by atoms with Crippen molar-refractivity contribution in [2.24, 2.45) is 0 Å². The van der Waals surface area contributed by atoms with Crippen molar-refractivity contribution in [2.45, 2.75) is 6.42 Å². The van der Waals surface area contributed by atoms with Crippen molar-refractivity contribution in [1.82, 2.24) is 15.2 Å². The van der Waals surface area contributed by atoms with E-state index in [0.717, 1.165) is 28.5 Å². The number of hydrogen-bond donors (Lipinski definition) is 1. The Hall–Kier alpha value is -2.27. The smallest absolute Gasteiger partial charge is 0.192 e. The van der Waals surface area contributed by atoms with Crippen LogP contribution < -0.4 is 5.32 Å². The number of aromatic nitrogens is 3. The molecule has 0 radical (unpaired) electrons. The average molecular weight is 266 g/mol. The molecule has 0 fully saturated rings. The molecule has 5 heteroatoms. The molecule has 4 nitrogen and oxygen atoms in total. The number of rotatable bonds is 1. The third-order valence-corrected chi connectivity index (χ3v) is 3.99. The van der Waals surface area contributed by atoms with Gasteiger partial charge in [-0.2, -0.15) is 0 Å². The minimum Gasteiger partial charge on any atom is -0.337 e. The predicted molar refractivity (Wildman–Crippen MR) is 75.7 cm³/mol. The van der Waals surface area contributed by atoms with Gasteiger partial charge in [0.2, 0.25) is 0 Å². The average Bonchev–Trinajstić information content (AvgIpc) is 2.98. The Bertz CT molecular complexity index is 737. The van der Waals surface area contributed by atoms with Gasteiger partial charge in [0.05, 0.1) is 10.6 Å². The van der Waals surface area contributed by atoms with Crippen LogP contribution in [0.3, 0.4) is 0 Å². The van der Waals surface area contributed by atoms with Crippen LogP contribution in [0.5, 0.6) is 0 Å². The number of anilines is 2. The van der Waals surface area contributed by atoms with Crippen LogP contribution in [0.25, 0.3) is 10.7 Å². The van der Waals surface area contributed by atoms with Crippen molar-refractivity contribution in [3.63, 3.8) is 0 Å². The maximum absolute atomic E-state index is 4.63. The minimum atomic E-state index is 0.704. The summed E-state index contributed by atoms with van der Waals surface area (Å²) in [5.41, 5.74) is 3.29. The summed E-state index contributed by atoms with van der Waals surface area (Å²) in [4.78, 5) is 5.68. The third kappa shape index (κ3) is 1.79. The molecule has 0 unspecified atom stereocenters. The first-order chi connectivity index (χ1) is 9.40. The minimum absolute atomic E-state index is 0.704. The second-order valence-electron chi connectivity index (χ2n) is 4.37. The van der Waals surface area contributed by atoms with E-state index in [0.29, 0.717) is 5.82 Å². The molecule has 4 rings (SSSR count). The zero-order chi connectivity index (χ0) is 12.7. The van der Waals surface area contributed by atoms with E-state index in [9.17, 15) is 0 Å². The van der Waals surface area contributed by atoms with Gasteiger partial charge in [0.25, 0.3) is 0 Å². The highest BCUT2D eigenvalue weighted by Crippen LogP contribution is 2.31. The Morgan fingerprint density at radius 2 is 2.00 bits per heavy atom. The number of hydrogen-bond acceptors (Lipinski definition) is 5. The van der Waals surface area contributed by atoms with Gasteiger partial charge in [-0.25, -0.2) is 4.98 Å². The van der Waals surface area contributed by atoms with E-state index in [-0.39, 0.29) is 0 Å². The molecule has 1 aromatic carbocycles. The normalized spacial score (nSPS) is 12.4. The first kappa shape index (κ1) is 10.6. The molecular weight excluding hydrogens is 256 g/mol. The largest absolute Gasteiger partial charge is 0.337 e. The summed E-state index contributed by atoms with van der Waals surface area (Å²) in [6, 6.07) is 12.2. The number of nitrogens with one attached hydrogen (secondary N) is 1. The number of fused-ring (bicyclic) bond motifs is 2. The molecule has 0 atom stereocenters. The maximum Gasteiger partial charge on any atom is 0.192 e. The first-order valence-electron chi connectivity index (χ1n) is 6.02. The van der Waals surface area contributed by atoms with E-state index < -0.39 is 0 Å². The lowest BCUT2D eigenvalue weighted by molar-refractivity contribution is 0.919. The van der Waals surface area contributed by atoms with Crippen molar-refractivity contribution >= 4 is 22.8 Å². The second-order valence-corrected chi connectivity index (χ2v) is 5.31. The third-order valence-electron chi connectivity index (χ3n) is 3.13. The van der Waals surface area contributed by atoms with Crippen LogP contribution in [0.1, 0.15) is 11.3 Å². The fourth-order valence-electron chi connectivity index (χ4n) is 2.19. The standard InChI is InChI=1S/C14H10N4S/c1-2-5-10-9(4-1)8-11-13(15-10)17-18-14(16-11)12-6-3-7-19-12/h1-7H,8H2,(H,15,17). The van der Waals surface area contributed by atoms with E-state index in [1.807, 2.05) is 35.7 Å².